The van der Waals surface area contributed by atoms with Crippen LogP contribution >= 0.6 is 12.4 Å². The van der Waals surface area contributed by atoms with Crippen LogP contribution in [0.4, 0.5) is 5.69 Å². The van der Waals surface area contributed by atoms with Gasteiger partial charge in [-0.3, -0.25) is 4.79 Å². The molecule has 4 nitrogen and oxygen atoms in total. The van der Waals surface area contributed by atoms with Gasteiger partial charge in [-0.05, 0) is 56.3 Å². The molecule has 0 bridgehead atoms. The fourth-order valence-corrected chi connectivity index (χ4v) is 3.05. The first kappa shape index (κ1) is 20.8. The molecule has 1 aliphatic rings. The fraction of sp³-hybridized carbons (Fsp3) is 0.632. The van der Waals surface area contributed by atoms with E-state index in [1.165, 1.54) is 12.8 Å². The summed E-state index contributed by atoms with van der Waals surface area (Å²) in [7, 11) is 0. The lowest BCUT2D eigenvalue weighted by atomic mass is 9.85. The number of halogens is 1. The molecular weight excluding hydrogens is 324 g/mol. The normalized spacial score (nSPS) is 18.3. The van der Waals surface area contributed by atoms with Gasteiger partial charge in [0.2, 0.25) is 5.91 Å². The standard InChI is InChI=1S/C19H30N2O2.ClH/c1-3-4-12-23-18-10-6-5-9-17(18)21-19(22)13-15(2)16-8-7-11-20-14-16;/h5-6,9-10,15-16,20H,3-4,7-8,11-14H2,1-2H3,(H,21,22);1H. The van der Waals surface area contributed by atoms with Crippen molar-refractivity contribution >= 4 is 24.0 Å². The zero-order valence-electron chi connectivity index (χ0n) is 14.8. The van der Waals surface area contributed by atoms with Crippen LogP contribution in [0.3, 0.4) is 0 Å². The summed E-state index contributed by atoms with van der Waals surface area (Å²) in [5, 5.41) is 6.45. The van der Waals surface area contributed by atoms with Gasteiger partial charge < -0.3 is 15.4 Å². The molecule has 136 valence electrons. The second-order valence-electron chi connectivity index (χ2n) is 6.53. The Kier molecular flexibility index (Phi) is 9.80. The number of benzene rings is 1. The van der Waals surface area contributed by atoms with Crippen LogP contribution in [0.1, 0.15) is 46.0 Å². The van der Waals surface area contributed by atoms with Crippen molar-refractivity contribution < 1.29 is 9.53 Å². The number of anilines is 1. The van der Waals surface area contributed by atoms with E-state index in [9.17, 15) is 4.79 Å². The van der Waals surface area contributed by atoms with Crippen molar-refractivity contribution in [1.29, 1.82) is 0 Å². The van der Waals surface area contributed by atoms with Gasteiger partial charge in [0.05, 0.1) is 12.3 Å². The lowest BCUT2D eigenvalue weighted by molar-refractivity contribution is -0.117. The number of hydrogen-bond donors (Lipinski definition) is 2. The third kappa shape index (κ3) is 6.70. The van der Waals surface area contributed by atoms with Crippen molar-refractivity contribution in [2.45, 2.75) is 46.0 Å². The summed E-state index contributed by atoms with van der Waals surface area (Å²) in [4.78, 5) is 12.4. The minimum Gasteiger partial charge on any atom is -0.491 e. The van der Waals surface area contributed by atoms with E-state index in [-0.39, 0.29) is 18.3 Å². The average Bonchev–Trinajstić information content (AvgIpc) is 2.57. The molecule has 0 aromatic heterocycles. The molecule has 1 aromatic rings. The number of para-hydroxylation sites is 2. The van der Waals surface area contributed by atoms with Gasteiger partial charge >= 0.3 is 0 Å². The number of rotatable bonds is 8. The van der Waals surface area contributed by atoms with Crippen LogP contribution in [0.25, 0.3) is 0 Å². The molecule has 1 aliphatic heterocycles. The van der Waals surface area contributed by atoms with Crippen LogP contribution in [0.2, 0.25) is 0 Å². The predicted molar refractivity (Wildman–Crippen MR) is 102 cm³/mol. The van der Waals surface area contributed by atoms with Crippen molar-refractivity contribution in [2.24, 2.45) is 11.8 Å². The minimum absolute atomic E-state index is 0. The summed E-state index contributed by atoms with van der Waals surface area (Å²) in [5.74, 6) is 1.84. The highest BCUT2D eigenvalue weighted by atomic mass is 35.5. The van der Waals surface area contributed by atoms with Gasteiger partial charge in [0.1, 0.15) is 5.75 Å². The summed E-state index contributed by atoms with van der Waals surface area (Å²) in [6.45, 7) is 7.15. The molecule has 2 N–H and O–H groups in total. The Balaban J connectivity index is 0.00000288. The van der Waals surface area contributed by atoms with Crippen molar-refractivity contribution in [1.82, 2.24) is 5.32 Å². The highest BCUT2D eigenvalue weighted by Crippen LogP contribution is 2.26. The largest absolute Gasteiger partial charge is 0.491 e. The number of piperidine rings is 1. The monoisotopic (exact) mass is 354 g/mol. The van der Waals surface area contributed by atoms with Crippen LogP contribution in [0.15, 0.2) is 24.3 Å². The minimum atomic E-state index is 0. The molecule has 24 heavy (non-hydrogen) atoms. The number of amides is 1. The van der Waals surface area contributed by atoms with E-state index in [0.717, 1.165) is 37.4 Å². The number of ether oxygens (including phenoxy) is 1. The molecule has 1 saturated heterocycles. The Morgan fingerprint density at radius 1 is 1.42 bits per heavy atom. The van der Waals surface area contributed by atoms with Gasteiger partial charge in [0.15, 0.2) is 0 Å². The SMILES string of the molecule is CCCCOc1ccccc1NC(=O)CC(C)C1CCCNC1.Cl. The number of nitrogens with one attached hydrogen (secondary N) is 2. The first-order chi connectivity index (χ1) is 11.2. The predicted octanol–water partition coefficient (Wildman–Crippen LogP) is 4.25. The molecule has 0 radical (unpaired) electrons. The van der Waals surface area contributed by atoms with Crippen LogP contribution in [-0.4, -0.2) is 25.6 Å². The van der Waals surface area contributed by atoms with Crippen molar-refractivity contribution in [3.63, 3.8) is 0 Å². The topological polar surface area (TPSA) is 50.4 Å². The summed E-state index contributed by atoms with van der Waals surface area (Å²) >= 11 is 0. The smallest absolute Gasteiger partial charge is 0.224 e. The molecule has 5 heteroatoms. The van der Waals surface area contributed by atoms with Crippen molar-refractivity contribution in [3.05, 3.63) is 24.3 Å². The lowest BCUT2D eigenvalue weighted by Gasteiger charge is -2.28. The number of carbonyl (C=O) groups excluding carboxylic acids is 1. The Labute approximate surface area is 152 Å². The number of hydrogen-bond acceptors (Lipinski definition) is 3. The number of carbonyl (C=O) groups is 1. The van der Waals surface area contributed by atoms with E-state index >= 15 is 0 Å². The molecule has 2 atom stereocenters. The van der Waals surface area contributed by atoms with Crippen molar-refractivity contribution in [2.75, 3.05) is 25.0 Å². The lowest BCUT2D eigenvalue weighted by Crippen LogP contribution is -2.34. The van der Waals surface area contributed by atoms with E-state index in [1.54, 1.807) is 0 Å². The maximum Gasteiger partial charge on any atom is 0.224 e. The molecular formula is C19H31ClN2O2. The summed E-state index contributed by atoms with van der Waals surface area (Å²) < 4.78 is 5.78. The van der Waals surface area contributed by atoms with Gasteiger partial charge in [-0.1, -0.05) is 32.4 Å². The highest BCUT2D eigenvalue weighted by Gasteiger charge is 2.22. The van der Waals surface area contributed by atoms with Gasteiger partial charge in [-0.25, -0.2) is 0 Å². The van der Waals surface area contributed by atoms with Crippen LogP contribution in [0, 0.1) is 11.8 Å². The quantitative estimate of drug-likeness (QED) is 0.686. The molecule has 1 fully saturated rings. The second kappa shape index (κ2) is 11.3. The van der Waals surface area contributed by atoms with Crippen LogP contribution < -0.4 is 15.4 Å². The van der Waals surface area contributed by atoms with E-state index in [4.69, 9.17) is 4.74 Å². The van der Waals surface area contributed by atoms with Gasteiger partial charge in [0, 0.05) is 6.42 Å². The summed E-state index contributed by atoms with van der Waals surface area (Å²) in [6, 6.07) is 7.69. The molecule has 0 saturated carbocycles. The second-order valence-corrected chi connectivity index (χ2v) is 6.53. The van der Waals surface area contributed by atoms with Crippen molar-refractivity contribution in [3.8, 4) is 5.75 Å². The van der Waals surface area contributed by atoms with E-state index in [2.05, 4.69) is 24.5 Å². The molecule has 0 aliphatic carbocycles. The summed E-state index contributed by atoms with van der Waals surface area (Å²) in [6.07, 6.45) is 5.12. The highest BCUT2D eigenvalue weighted by molar-refractivity contribution is 5.92. The number of unbranched alkanes of at least 4 members (excludes halogenated alkanes) is 1. The Morgan fingerprint density at radius 2 is 2.21 bits per heavy atom. The van der Waals surface area contributed by atoms with E-state index < -0.39 is 0 Å². The molecule has 1 amide bonds. The van der Waals surface area contributed by atoms with Gasteiger partial charge in [0.25, 0.3) is 0 Å². The van der Waals surface area contributed by atoms with Gasteiger partial charge in [-0.2, -0.15) is 0 Å². The maximum absolute atomic E-state index is 12.4. The maximum atomic E-state index is 12.4. The Hall–Kier alpha value is -1.26. The van der Waals surface area contributed by atoms with Crippen LogP contribution in [0.5, 0.6) is 5.75 Å². The molecule has 0 spiro atoms. The van der Waals surface area contributed by atoms with Crippen LogP contribution in [-0.2, 0) is 4.79 Å². The molecule has 1 aromatic carbocycles. The third-order valence-corrected chi connectivity index (χ3v) is 4.56. The first-order valence-electron chi connectivity index (χ1n) is 8.93. The molecule has 1 heterocycles. The summed E-state index contributed by atoms with van der Waals surface area (Å²) in [5.41, 5.74) is 0.780. The average molecular weight is 355 g/mol. The van der Waals surface area contributed by atoms with Gasteiger partial charge in [-0.15, -0.1) is 12.4 Å². The van der Waals surface area contributed by atoms with E-state index in [0.29, 0.717) is 24.9 Å². The fourth-order valence-electron chi connectivity index (χ4n) is 3.05. The first-order valence-corrected chi connectivity index (χ1v) is 8.93. The van der Waals surface area contributed by atoms with E-state index in [1.807, 2.05) is 24.3 Å². The third-order valence-electron chi connectivity index (χ3n) is 4.56. The molecule has 2 rings (SSSR count). The molecule has 2 unspecified atom stereocenters. The Morgan fingerprint density at radius 3 is 2.92 bits per heavy atom. The zero-order valence-corrected chi connectivity index (χ0v) is 15.7. The zero-order chi connectivity index (χ0) is 16.5. The Bertz CT molecular complexity index is 490.